The van der Waals surface area contributed by atoms with E-state index in [-0.39, 0.29) is 0 Å². The molecule has 2 heterocycles. The van der Waals surface area contributed by atoms with Crippen LogP contribution in [0.5, 0.6) is 0 Å². The molecule has 0 amide bonds. The number of thiophene rings is 1. The Morgan fingerprint density at radius 1 is 1.50 bits per heavy atom. The summed E-state index contributed by atoms with van der Waals surface area (Å²) in [6.07, 6.45) is 2.08. The van der Waals surface area contributed by atoms with E-state index < -0.39 is 0 Å². The summed E-state index contributed by atoms with van der Waals surface area (Å²) in [6.45, 7) is 5.86. The van der Waals surface area contributed by atoms with Crippen LogP contribution in [0.25, 0.3) is 0 Å². The van der Waals surface area contributed by atoms with Gasteiger partial charge in [0.25, 0.3) is 0 Å². The molecule has 0 aliphatic heterocycles. The van der Waals surface area contributed by atoms with E-state index in [2.05, 4.69) is 56.1 Å². The Hall–Kier alpha value is -0.810. The van der Waals surface area contributed by atoms with Gasteiger partial charge in [-0.3, -0.25) is 0 Å². The van der Waals surface area contributed by atoms with Gasteiger partial charge >= 0.3 is 0 Å². The van der Waals surface area contributed by atoms with Gasteiger partial charge in [0.1, 0.15) is 0 Å². The monoisotopic (exact) mass is 299 g/mol. The summed E-state index contributed by atoms with van der Waals surface area (Å²) in [5.74, 6) is 0.949. The second kappa shape index (κ2) is 5.01. The number of aromatic nitrogens is 2. The highest BCUT2D eigenvalue weighted by Gasteiger charge is 2.06. The van der Waals surface area contributed by atoms with E-state index in [9.17, 15) is 0 Å². The number of anilines is 1. The van der Waals surface area contributed by atoms with Crippen molar-refractivity contribution in [3.05, 3.63) is 32.7 Å². The molecule has 2 aromatic rings. The topological polar surface area (TPSA) is 29.9 Å². The minimum absolute atomic E-state index is 0.874. The Balaban J connectivity index is 2.19. The predicted octanol–water partition coefficient (Wildman–Crippen LogP) is 3.50. The number of hydrogen-bond acceptors (Lipinski definition) is 3. The van der Waals surface area contributed by atoms with Crippen LogP contribution < -0.4 is 5.32 Å². The number of hydrogen-bond donors (Lipinski definition) is 1. The Bertz CT molecular complexity index is 475. The molecule has 0 saturated carbocycles. The fourth-order valence-electron chi connectivity index (χ4n) is 1.57. The number of aryl methyl sites for hydroxylation is 1. The molecule has 3 nitrogen and oxygen atoms in total. The molecule has 0 radical (unpaired) electrons. The summed E-state index contributed by atoms with van der Waals surface area (Å²) in [5, 5.41) is 3.27. The highest BCUT2D eigenvalue weighted by atomic mass is 79.9. The van der Waals surface area contributed by atoms with Gasteiger partial charge in [0.15, 0.2) is 0 Å². The molecular formula is C11H14BrN3S. The summed E-state index contributed by atoms with van der Waals surface area (Å²) in [7, 11) is 0. The van der Waals surface area contributed by atoms with E-state index in [1.165, 1.54) is 8.66 Å². The second-order valence-corrected chi connectivity index (χ2v) is 6.12. The maximum absolute atomic E-state index is 4.45. The maximum atomic E-state index is 4.45. The first kappa shape index (κ1) is 11.7. The van der Waals surface area contributed by atoms with Crippen LogP contribution in [0.15, 0.2) is 22.1 Å². The van der Waals surface area contributed by atoms with Crippen LogP contribution in [0, 0.1) is 6.92 Å². The molecule has 0 saturated heterocycles. The fourth-order valence-corrected chi connectivity index (χ4v) is 3.05. The largest absolute Gasteiger partial charge is 0.356 e. The van der Waals surface area contributed by atoms with E-state index in [0.29, 0.717) is 0 Å². The van der Waals surface area contributed by atoms with Gasteiger partial charge in [0.05, 0.1) is 16.0 Å². The standard InChI is InChI=1S/C11H14BrN3S/c1-3-13-11-14-8(2)6-15(11)7-9-4-5-10(12)16-9/h4-6H,3,7H2,1-2H3,(H,13,14). The van der Waals surface area contributed by atoms with Gasteiger partial charge in [-0.25, -0.2) is 4.98 Å². The third-order valence-electron chi connectivity index (χ3n) is 2.19. The van der Waals surface area contributed by atoms with Crippen LogP contribution in [0.1, 0.15) is 17.5 Å². The van der Waals surface area contributed by atoms with Crippen LogP contribution in [0.4, 0.5) is 5.95 Å². The third-order valence-corrected chi connectivity index (χ3v) is 3.80. The lowest BCUT2D eigenvalue weighted by Gasteiger charge is -2.06. The summed E-state index contributed by atoms with van der Waals surface area (Å²) in [6, 6.07) is 4.22. The molecule has 0 atom stereocenters. The molecule has 5 heteroatoms. The summed E-state index contributed by atoms with van der Waals surface area (Å²) in [5.41, 5.74) is 1.05. The Morgan fingerprint density at radius 3 is 2.94 bits per heavy atom. The Labute approximate surface area is 108 Å². The highest BCUT2D eigenvalue weighted by Crippen LogP contribution is 2.23. The first-order valence-electron chi connectivity index (χ1n) is 5.21. The van der Waals surface area contributed by atoms with Gasteiger partial charge in [-0.1, -0.05) is 0 Å². The molecule has 2 rings (SSSR count). The molecule has 0 bridgehead atoms. The van der Waals surface area contributed by atoms with Crippen LogP contribution >= 0.6 is 27.3 Å². The van der Waals surface area contributed by atoms with Gasteiger partial charge in [-0.15, -0.1) is 11.3 Å². The second-order valence-electron chi connectivity index (χ2n) is 3.57. The zero-order valence-electron chi connectivity index (χ0n) is 9.33. The molecule has 2 aromatic heterocycles. The third kappa shape index (κ3) is 2.65. The van der Waals surface area contributed by atoms with Crippen molar-refractivity contribution in [1.29, 1.82) is 0 Å². The minimum Gasteiger partial charge on any atom is -0.356 e. The molecule has 0 aromatic carbocycles. The molecule has 1 N–H and O–H groups in total. The van der Waals surface area contributed by atoms with Gasteiger partial charge in [0, 0.05) is 17.6 Å². The van der Waals surface area contributed by atoms with Gasteiger partial charge < -0.3 is 9.88 Å². The summed E-state index contributed by atoms with van der Waals surface area (Å²) < 4.78 is 3.32. The molecular weight excluding hydrogens is 286 g/mol. The van der Waals surface area contributed by atoms with Crippen LogP contribution in [0.3, 0.4) is 0 Å². The Morgan fingerprint density at radius 2 is 2.31 bits per heavy atom. The smallest absolute Gasteiger partial charge is 0.203 e. The van der Waals surface area contributed by atoms with Crippen molar-refractivity contribution in [1.82, 2.24) is 9.55 Å². The van der Waals surface area contributed by atoms with Crippen molar-refractivity contribution in [2.75, 3.05) is 11.9 Å². The van der Waals surface area contributed by atoms with Gasteiger partial charge in [0.2, 0.25) is 5.95 Å². The normalized spacial score (nSPS) is 10.7. The SMILES string of the molecule is CCNc1nc(C)cn1Cc1ccc(Br)s1. The van der Waals surface area contributed by atoms with E-state index >= 15 is 0 Å². The highest BCUT2D eigenvalue weighted by molar-refractivity contribution is 9.11. The number of nitrogens with one attached hydrogen (secondary N) is 1. The van der Waals surface area contributed by atoms with Crippen molar-refractivity contribution in [3.8, 4) is 0 Å². The predicted molar refractivity (Wildman–Crippen MR) is 72.2 cm³/mol. The molecule has 86 valence electrons. The van der Waals surface area contributed by atoms with Crippen LogP contribution in [-0.2, 0) is 6.54 Å². The molecule has 0 fully saturated rings. The maximum Gasteiger partial charge on any atom is 0.203 e. The summed E-state index contributed by atoms with van der Waals surface area (Å²) in [4.78, 5) is 5.77. The van der Waals surface area contributed by atoms with Crippen molar-refractivity contribution in [2.45, 2.75) is 20.4 Å². The average molecular weight is 300 g/mol. The van der Waals surface area contributed by atoms with Gasteiger partial charge in [-0.05, 0) is 41.9 Å². The first-order chi connectivity index (χ1) is 7.69. The Kier molecular flexibility index (Phi) is 3.66. The lowest BCUT2D eigenvalue weighted by Crippen LogP contribution is -2.06. The minimum atomic E-state index is 0.874. The van der Waals surface area contributed by atoms with Crippen molar-refractivity contribution in [2.24, 2.45) is 0 Å². The van der Waals surface area contributed by atoms with Crippen molar-refractivity contribution in [3.63, 3.8) is 0 Å². The first-order valence-corrected chi connectivity index (χ1v) is 6.82. The molecule has 16 heavy (non-hydrogen) atoms. The summed E-state index contributed by atoms with van der Waals surface area (Å²) >= 11 is 5.24. The molecule has 0 aliphatic rings. The van der Waals surface area contributed by atoms with Crippen LogP contribution in [-0.4, -0.2) is 16.1 Å². The molecule has 0 aliphatic carbocycles. The number of rotatable bonds is 4. The lowest BCUT2D eigenvalue weighted by molar-refractivity contribution is 0.811. The zero-order chi connectivity index (χ0) is 11.5. The lowest BCUT2D eigenvalue weighted by atomic mass is 10.4. The van der Waals surface area contributed by atoms with Crippen molar-refractivity contribution >= 4 is 33.2 Å². The molecule has 0 spiro atoms. The quantitative estimate of drug-likeness (QED) is 0.936. The zero-order valence-corrected chi connectivity index (χ0v) is 11.7. The van der Waals surface area contributed by atoms with E-state index in [0.717, 1.165) is 24.7 Å². The van der Waals surface area contributed by atoms with E-state index in [1.54, 1.807) is 11.3 Å². The molecule has 0 unspecified atom stereocenters. The van der Waals surface area contributed by atoms with Gasteiger partial charge in [-0.2, -0.15) is 0 Å². The van der Waals surface area contributed by atoms with Crippen LogP contribution in [0.2, 0.25) is 0 Å². The number of halogens is 1. The van der Waals surface area contributed by atoms with E-state index in [4.69, 9.17) is 0 Å². The van der Waals surface area contributed by atoms with E-state index in [1.807, 2.05) is 6.92 Å². The number of imidazole rings is 1. The number of nitrogens with zero attached hydrogens (tertiary/aromatic N) is 2. The van der Waals surface area contributed by atoms with Crippen molar-refractivity contribution < 1.29 is 0 Å². The average Bonchev–Trinajstić information content (AvgIpc) is 2.76. The fraction of sp³-hybridized carbons (Fsp3) is 0.364.